The summed E-state index contributed by atoms with van der Waals surface area (Å²) in [6.07, 6.45) is 1.80. The molecule has 2 aromatic carbocycles. The number of benzene rings is 2. The Balaban J connectivity index is 1.43. The van der Waals surface area contributed by atoms with Crippen LogP contribution in [0, 0.1) is 0 Å². The third-order valence-electron chi connectivity index (χ3n) is 5.10. The van der Waals surface area contributed by atoms with Crippen molar-refractivity contribution in [2.24, 2.45) is 0 Å². The van der Waals surface area contributed by atoms with E-state index in [2.05, 4.69) is 10.2 Å². The predicted molar refractivity (Wildman–Crippen MR) is 103 cm³/mol. The Hall–Kier alpha value is -3.35. The van der Waals surface area contributed by atoms with Crippen LogP contribution < -0.4 is 15.0 Å². The topological polar surface area (TPSA) is 84.9 Å². The Morgan fingerprint density at radius 1 is 1.14 bits per heavy atom. The summed E-state index contributed by atoms with van der Waals surface area (Å²) in [5, 5.41) is 2.86. The number of Topliss-reactive ketones (excluding diaryl/α,β-unsaturated/α-hetero) is 1. The summed E-state index contributed by atoms with van der Waals surface area (Å²) in [6.45, 7) is 0.466. The van der Waals surface area contributed by atoms with Crippen LogP contribution in [0.1, 0.15) is 33.6 Å². The van der Waals surface area contributed by atoms with E-state index in [1.54, 1.807) is 43.5 Å². The molecule has 144 valence electrons. The molecular formula is C21H20N2O5. The van der Waals surface area contributed by atoms with Gasteiger partial charge in [-0.25, -0.2) is 4.79 Å². The lowest BCUT2D eigenvalue weighted by Gasteiger charge is -2.33. The van der Waals surface area contributed by atoms with Crippen LogP contribution in [-0.4, -0.2) is 44.0 Å². The van der Waals surface area contributed by atoms with E-state index in [4.69, 9.17) is 9.47 Å². The third-order valence-corrected chi connectivity index (χ3v) is 5.10. The van der Waals surface area contributed by atoms with E-state index in [1.165, 1.54) is 0 Å². The van der Waals surface area contributed by atoms with Crippen molar-refractivity contribution >= 4 is 29.0 Å². The Morgan fingerprint density at radius 3 is 2.64 bits per heavy atom. The molecule has 28 heavy (non-hydrogen) atoms. The molecule has 7 heteroatoms. The van der Waals surface area contributed by atoms with E-state index in [9.17, 15) is 14.4 Å². The van der Waals surface area contributed by atoms with Gasteiger partial charge >= 0.3 is 5.97 Å². The quantitative estimate of drug-likeness (QED) is 0.634. The summed E-state index contributed by atoms with van der Waals surface area (Å²) in [5.41, 5.74) is 2.23. The molecule has 0 spiro atoms. The highest BCUT2D eigenvalue weighted by Gasteiger charge is 2.36. The van der Waals surface area contributed by atoms with Crippen molar-refractivity contribution in [1.29, 1.82) is 0 Å². The average Bonchev–Trinajstić information content (AvgIpc) is 3.22. The van der Waals surface area contributed by atoms with Crippen LogP contribution >= 0.6 is 0 Å². The lowest BCUT2D eigenvalue weighted by atomic mass is 10.1. The minimum Gasteiger partial charge on any atom is -0.497 e. The standard InChI is InChI=1S/C21H20N2O5/c1-27-15-7-4-13(5-8-15)19(24)12-28-21(26)14-6-9-17-16(11-14)22-20(25)18-3-2-10-23(17)18/h4-9,11,18H,2-3,10,12H2,1H3,(H,22,25)/t18-/m1/s1. The molecule has 0 unspecified atom stereocenters. The molecule has 1 amide bonds. The second kappa shape index (κ2) is 7.34. The first-order valence-corrected chi connectivity index (χ1v) is 9.13. The SMILES string of the molecule is COc1ccc(C(=O)COC(=O)c2ccc3c(c2)NC(=O)[C@H]2CCCN32)cc1. The van der Waals surface area contributed by atoms with Crippen LogP contribution in [0.4, 0.5) is 11.4 Å². The van der Waals surface area contributed by atoms with Crippen LogP contribution in [0.3, 0.4) is 0 Å². The normalized spacial score (nSPS) is 17.4. The zero-order valence-electron chi connectivity index (χ0n) is 15.4. The van der Waals surface area contributed by atoms with Crippen LogP contribution in [0.5, 0.6) is 5.75 Å². The van der Waals surface area contributed by atoms with Crippen molar-refractivity contribution in [2.75, 3.05) is 30.5 Å². The molecule has 1 saturated heterocycles. The van der Waals surface area contributed by atoms with Gasteiger partial charge in [0.1, 0.15) is 11.8 Å². The number of anilines is 2. The smallest absolute Gasteiger partial charge is 0.338 e. The fourth-order valence-corrected chi connectivity index (χ4v) is 3.63. The summed E-state index contributed by atoms with van der Waals surface area (Å²) in [7, 11) is 1.55. The van der Waals surface area contributed by atoms with Gasteiger partial charge in [0, 0.05) is 12.1 Å². The summed E-state index contributed by atoms with van der Waals surface area (Å²) >= 11 is 0. The van der Waals surface area contributed by atoms with Crippen molar-refractivity contribution in [3.63, 3.8) is 0 Å². The molecule has 2 heterocycles. The predicted octanol–water partition coefficient (Wildman–Crippen LogP) is 2.66. The highest BCUT2D eigenvalue weighted by atomic mass is 16.5. The molecule has 1 fully saturated rings. The molecule has 2 aliphatic rings. The van der Waals surface area contributed by atoms with E-state index in [-0.39, 0.29) is 24.3 Å². The van der Waals surface area contributed by atoms with Crippen molar-refractivity contribution in [1.82, 2.24) is 0 Å². The molecule has 1 atom stereocenters. The number of methoxy groups -OCH3 is 1. The second-order valence-electron chi connectivity index (χ2n) is 6.80. The van der Waals surface area contributed by atoms with Crippen molar-refractivity contribution in [3.8, 4) is 5.75 Å². The maximum absolute atomic E-state index is 12.4. The summed E-state index contributed by atoms with van der Waals surface area (Å²) in [4.78, 5) is 38.8. The van der Waals surface area contributed by atoms with Gasteiger partial charge < -0.3 is 19.7 Å². The first kappa shape index (κ1) is 18.0. The monoisotopic (exact) mass is 380 g/mol. The largest absolute Gasteiger partial charge is 0.497 e. The first-order valence-electron chi connectivity index (χ1n) is 9.13. The van der Waals surface area contributed by atoms with E-state index in [0.29, 0.717) is 22.6 Å². The maximum atomic E-state index is 12.4. The highest BCUT2D eigenvalue weighted by Crippen LogP contribution is 2.37. The molecular weight excluding hydrogens is 360 g/mol. The zero-order valence-corrected chi connectivity index (χ0v) is 15.4. The van der Waals surface area contributed by atoms with Crippen LogP contribution in [0.2, 0.25) is 0 Å². The summed E-state index contributed by atoms with van der Waals surface area (Å²) in [6, 6.07) is 11.5. The number of fused-ring (bicyclic) bond motifs is 3. The fraction of sp³-hybridized carbons (Fsp3) is 0.286. The van der Waals surface area contributed by atoms with Gasteiger partial charge in [0.2, 0.25) is 5.91 Å². The molecule has 2 aromatic rings. The molecule has 0 bridgehead atoms. The number of ketones is 1. The van der Waals surface area contributed by atoms with Gasteiger partial charge in [-0.15, -0.1) is 0 Å². The second-order valence-corrected chi connectivity index (χ2v) is 6.80. The van der Waals surface area contributed by atoms with Crippen LogP contribution in [0.15, 0.2) is 42.5 Å². The third kappa shape index (κ3) is 3.31. The maximum Gasteiger partial charge on any atom is 0.338 e. The number of hydrogen-bond donors (Lipinski definition) is 1. The molecule has 0 aliphatic carbocycles. The van der Waals surface area contributed by atoms with Gasteiger partial charge in [-0.1, -0.05) is 0 Å². The van der Waals surface area contributed by atoms with Gasteiger partial charge in [-0.05, 0) is 55.3 Å². The van der Waals surface area contributed by atoms with Crippen LogP contribution in [-0.2, 0) is 9.53 Å². The van der Waals surface area contributed by atoms with Gasteiger partial charge in [0.15, 0.2) is 12.4 Å². The Morgan fingerprint density at radius 2 is 1.89 bits per heavy atom. The number of carbonyl (C=O) groups is 3. The van der Waals surface area contributed by atoms with E-state index in [1.807, 2.05) is 6.07 Å². The van der Waals surface area contributed by atoms with Gasteiger partial charge in [0.25, 0.3) is 0 Å². The molecule has 7 nitrogen and oxygen atoms in total. The summed E-state index contributed by atoms with van der Waals surface area (Å²) in [5.74, 6) is -0.320. The van der Waals surface area contributed by atoms with Crippen molar-refractivity contribution < 1.29 is 23.9 Å². The summed E-state index contributed by atoms with van der Waals surface area (Å²) < 4.78 is 10.2. The molecule has 0 radical (unpaired) electrons. The number of amides is 1. The average molecular weight is 380 g/mol. The van der Waals surface area contributed by atoms with Crippen molar-refractivity contribution in [3.05, 3.63) is 53.6 Å². The number of ether oxygens (including phenoxy) is 2. The molecule has 1 N–H and O–H groups in total. The van der Waals surface area contributed by atoms with Gasteiger partial charge in [-0.3, -0.25) is 9.59 Å². The lowest BCUT2D eigenvalue weighted by Crippen LogP contribution is -2.43. The van der Waals surface area contributed by atoms with E-state index in [0.717, 1.165) is 25.1 Å². The molecule has 0 aromatic heterocycles. The fourth-order valence-electron chi connectivity index (χ4n) is 3.63. The Labute approximate surface area is 162 Å². The minimum absolute atomic E-state index is 0.0507. The number of esters is 1. The first-order chi connectivity index (χ1) is 13.6. The zero-order chi connectivity index (χ0) is 19.7. The molecule has 2 aliphatic heterocycles. The van der Waals surface area contributed by atoms with Gasteiger partial charge in [0.05, 0.1) is 24.0 Å². The van der Waals surface area contributed by atoms with Crippen LogP contribution in [0.25, 0.3) is 0 Å². The Kier molecular flexibility index (Phi) is 4.73. The Bertz CT molecular complexity index is 938. The number of carbonyl (C=O) groups excluding carboxylic acids is 3. The number of hydrogen-bond acceptors (Lipinski definition) is 6. The number of nitrogens with one attached hydrogen (secondary N) is 1. The number of nitrogens with zero attached hydrogens (tertiary/aromatic N) is 1. The van der Waals surface area contributed by atoms with Crippen molar-refractivity contribution in [2.45, 2.75) is 18.9 Å². The van der Waals surface area contributed by atoms with E-state index >= 15 is 0 Å². The minimum atomic E-state index is -0.609. The highest BCUT2D eigenvalue weighted by molar-refractivity contribution is 6.06. The lowest BCUT2D eigenvalue weighted by molar-refractivity contribution is -0.117. The molecule has 4 rings (SSSR count). The molecule has 0 saturated carbocycles. The number of rotatable bonds is 5. The van der Waals surface area contributed by atoms with Gasteiger partial charge in [-0.2, -0.15) is 0 Å². The van der Waals surface area contributed by atoms with E-state index < -0.39 is 5.97 Å².